The summed E-state index contributed by atoms with van der Waals surface area (Å²) >= 11 is 0. The number of carbonyl (C=O) groups is 1. The molecule has 2 aromatic heterocycles. The molecule has 1 fully saturated rings. The largest absolute Gasteiger partial charge is 0.381 e. The van der Waals surface area contributed by atoms with Gasteiger partial charge in [-0.25, -0.2) is 4.98 Å². The molecule has 2 N–H and O–H groups in total. The molecule has 33 heavy (non-hydrogen) atoms. The molecule has 0 atom stereocenters. The number of aromatic nitrogens is 3. The quantitative estimate of drug-likeness (QED) is 0.288. The SMILES string of the molecule is O=CN(c1nc2cc(OS(=O)(=O)c3ccc(NCc4ccncc4)cc3)ccc2[nH]1)C1CC1. The lowest BCUT2D eigenvalue weighted by molar-refractivity contribution is -0.107. The standard InChI is InChI=1S/C23H21N5O4S/c29-15-28(18-3-4-18)23-26-21-8-5-19(13-22(21)27-23)32-33(30,31)20-6-1-17(2-7-20)25-14-16-9-11-24-12-10-16/h1-2,5-13,15,18,25H,3-4,14H2,(H,26,27). The number of nitrogens with zero attached hydrogens (tertiary/aromatic N) is 3. The molecule has 168 valence electrons. The van der Waals surface area contributed by atoms with Gasteiger partial charge in [-0.05, 0) is 66.9 Å². The maximum absolute atomic E-state index is 12.8. The Hall–Kier alpha value is -3.92. The topological polar surface area (TPSA) is 117 Å². The molecule has 2 aromatic carbocycles. The van der Waals surface area contributed by atoms with Crippen molar-refractivity contribution < 1.29 is 17.4 Å². The van der Waals surface area contributed by atoms with Crippen LogP contribution in [0.3, 0.4) is 0 Å². The molecule has 0 unspecified atom stereocenters. The second-order valence-corrected chi connectivity index (χ2v) is 9.30. The molecular weight excluding hydrogens is 442 g/mol. The van der Waals surface area contributed by atoms with Crippen LogP contribution in [0.1, 0.15) is 18.4 Å². The summed E-state index contributed by atoms with van der Waals surface area (Å²) in [7, 11) is -4.02. The van der Waals surface area contributed by atoms with Gasteiger partial charge < -0.3 is 14.5 Å². The molecule has 4 aromatic rings. The molecule has 0 spiro atoms. The predicted octanol–water partition coefficient (Wildman–Crippen LogP) is 3.46. The van der Waals surface area contributed by atoms with Crippen molar-refractivity contribution in [2.75, 3.05) is 10.2 Å². The number of fused-ring (bicyclic) bond motifs is 1. The molecule has 2 heterocycles. The Bertz CT molecular complexity index is 1380. The highest BCUT2D eigenvalue weighted by atomic mass is 32.2. The number of anilines is 2. The van der Waals surface area contributed by atoms with Gasteiger partial charge in [0.25, 0.3) is 0 Å². The highest BCUT2D eigenvalue weighted by molar-refractivity contribution is 7.87. The average Bonchev–Trinajstić information content (AvgIpc) is 3.57. The van der Waals surface area contributed by atoms with Gasteiger partial charge in [-0.3, -0.25) is 14.7 Å². The summed E-state index contributed by atoms with van der Waals surface area (Å²) in [6, 6.07) is 15.1. The maximum Gasteiger partial charge on any atom is 0.339 e. The lowest BCUT2D eigenvalue weighted by Gasteiger charge is -2.11. The second kappa shape index (κ2) is 8.55. The zero-order valence-electron chi connectivity index (χ0n) is 17.5. The van der Waals surface area contributed by atoms with Crippen molar-refractivity contribution >= 4 is 39.2 Å². The van der Waals surface area contributed by atoms with Gasteiger partial charge >= 0.3 is 10.1 Å². The molecule has 1 aliphatic rings. The van der Waals surface area contributed by atoms with Gasteiger partial charge in [0.15, 0.2) is 0 Å². The first-order valence-electron chi connectivity index (χ1n) is 10.4. The molecule has 1 aliphatic carbocycles. The van der Waals surface area contributed by atoms with Crippen molar-refractivity contribution in [1.82, 2.24) is 15.0 Å². The van der Waals surface area contributed by atoms with Crippen molar-refractivity contribution in [2.24, 2.45) is 0 Å². The van der Waals surface area contributed by atoms with E-state index in [0.29, 0.717) is 23.5 Å². The van der Waals surface area contributed by atoms with Crippen LogP contribution >= 0.6 is 0 Å². The molecule has 1 amide bonds. The third kappa shape index (κ3) is 4.65. The first kappa shape index (κ1) is 21.0. The van der Waals surface area contributed by atoms with Crippen LogP contribution in [0, 0.1) is 0 Å². The van der Waals surface area contributed by atoms with Gasteiger partial charge in [0.05, 0.1) is 11.0 Å². The molecule has 0 bridgehead atoms. The van der Waals surface area contributed by atoms with Gasteiger partial charge in [0, 0.05) is 36.7 Å². The lowest BCUT2D eigenvalue weighted by atomic mass is 10.2. The van der Waals surface area contributed by atoms with Crippen LogP contribution in [-0.2, 0) is 21.5 Å². The van der Waals surface area contributed by atoms with Crippen LogP contribution in [0.5, 0.6) is 5.75 Å². The fourth-order valence-electron chi connectivity index (χ4n) is 3.43. The molecule has 0 saturated heterocycles. The molecule has 5 rings (SSSR count). The number of benzene rings is 2. The van der Waals surface area contributed by atoms with E-state index >= 15 is 0 Å². The Labute approximate surface area is 190 Å². The highest BCUT2D eigenvalue weighted by Crippen LogP contribution is 2.31. The Balaban J connectivity index is 1.29. The van der Waals surface area contributed by atoms with E-state index in [9.17, 15) is 13.2 Å². The van der Waals surface area contributed by atoms with Crippen molar-refractivity contribution in [3.05, 3.63) is 72.6 Å². The van der Waals surface area contributed by atoms with E-state index in [4.69, 9.17) is 4.18 Å². The Morgan fingerprint density at radius 3 is 2.55 bits per heavy atom. The van der Waals surface area contributed by atoms with Crippen LogP contribution in [-0.4, -0.2) is 35.8 Å². The predicted molar refractivity (Wildman–Crippen MR) is 123 cm³/mol. The molecular formula is C23H21N5O4S. The number of rotatable bonds is 9. The average molecular weight is 464 g/mol. The van der Waals surface area contributed by atoms with Gasteiger partial charge in [0.1, 0.15) is 10.6 Å². The normalized spacial score (nSPS) is 13.6. The molecule has 9 nitrogen and oxygen atoms in total. The smallest absolute Gasteiger partial charge is 0.339 e. The van der Waals surface area contributed by atoms with Gasteiger partial charge in [0.2, 0.25) is 12.4 Å². The Kier molecular flexibility index (Phi) is 5.43. The van der Waals surface area contributed by atoms with E-state index in [1.165, 1.54) is 18.2 Å². The van der Waals surface area contributed by atoms with Gasteiger partial charge in [-0.2, -0.15) is 8.42 Å². The monoisotopic (exact) mass is 463 g/mol. The van der Waals surface area contributed by atoms with Gasteiger partial charge in [-0.15, -0.1) is 0 Å². The molecule has 10 heteroatoms. The number of nitrogens with one attached hydrogen (secondary N) is 2. The van der Waals surface area contributed by atoms with Crippen LogP contribution in [0.15, 0.2) is 71.9 Å². The van der Waals surface area contributed by atoms with E-state index in [2.05, 4.69) is 20.3 Å². The Morgan fingerprint density at radius 1 is 1.09 bits per heavy atom. The van der Waals surface area contributed by atoms with Gasteiger partial charge in [-0.1, -0.05) is 0 Å². The fourth-order valence-corrected chi connectivity index (χ4v) is 4.35. The van der Waals surface area contributed by atoms with Crippen molar-refractivity contribution in [1.29, 1.82) is 0 Å². The Morgan fingerprint density at radius 2 is 1.85 bits per heavy atom. The zero-order valence-corrected chi connectivity index (χ0v) is 18.3. The summed E-state index contributed by atoms with van der Waals surface area (Å²) in [5, 5.41) is 3.23. The molecule has 0 radical (unpaired) electrons. The number of aromatic amines is 1. The minimum Gasteiger partial charge on any atom is -0.381 e. The van der Waals surface area contributed by atoms with Crippen molar-refractivity contribution in [3.63, 3.8) is 0 Å². The summed E-state index contributed by atoms with van der Waals surface area (Å²) < 4.78 is 30.8. The summed E-state index contributed by atoms with van der Waals surface area (Å²) in [4.78, 5) is 24.5. The van der Waals surface area contributed by atoms with E-state index < -0.39 is 10.1 Å². The van der Waals surface area contributed by atoms with Crippen LogP contribution < -0.4 is 14.4 Å². The number of hydrogen-bond donors (Lipinski definition) is 2. The number of pyridine rings is 1. The van der Waals surface area contributed by atoms with Crippen LogP contribution in [0.2, 0.25) is 0 Å². The molecule has 0 aliphatic heterocycles. The van der Waals surface area contributed by atoms with Crippen LogP contribution in [0.25, 0.3) is 11.0 Å². The first-order chi connectivity index (χ1) is 16.0. The fraction of sp³-hybridized carbons (Fsp3) is 0.174. The summed E-state index contributed by atoms with van der Waals surface area (Å²) in [5.74, 6) is 0.585. The number of amides is 1. The first-order valence-corrected chi connectivity index (χ1v) is 11.8. The zero-order chi connectivity index (χ0) is 22.8. The summed E-state index contributed by atoms with van der Waals surface area (Å²) in [6.07, 6.45) is 6.08. The second-order valence-electron chi connectivity index (χ2n) is 7.75. The highest BCUT2D eigenvalue weighted by Gasteiger charge is 2.31. The third-order valence-electron chi connectivity index (χ3n) is 5.34. The van der Waals surface area contributed by atoms with Crippen molar-refractivity contribution in [2.45, 2.75) is 30.3 Å². The van der Waals surface area contributed by atoms with E-state index in [0.717, 1.165) is 30.5 Å². The number of imidazole rings is 1. The minimum absolute atomic E-state index is 0.0423. The third-order valence-corrected chi connectivity index (χ3v) is 6.60. The van der Waals surface area contributed by atoms with E-state index in [-0.39, 0.29) is 16.7 Å². The van der Waals surface area contributed by atoms with Crippen LogP contribution in [0.4, 0.5) is 11.6 Å². The molecule has 1 saturated carbocycles. The van der Waals surface area contributed by atoms with Crippen molar-refractivity contribution in [3.8, 4) is 5.75 Å². The van der Waals surface area contributed by atoms with E-state index in [1.807, 2.05) is 12.1 Å². The lowest BCUT2D eigenvalue weighted by Crippen LogP contribution is -2.24. The summed E-state index contributed by atoms with van der Waals surface area (Å²) in [6.45, 7) is 0.596. The summed E-state index contributed by atoms with van der Waals surface area (Å²) in [5.41, 5.74) is 3.05. The van der Waals surface area contributed by atoms with E-state index in [1.54, 1.807) is 41.6 Å². The number of H-pyrrole nitrogens is 1. The number of hydrogen-bond acceptors (Lipinski definition) is 7. The minimum atomic E-state index is -4.02. The number of carbonyl (C=O) groups excluding carboxylic acids is 1. The maximum atomic E-state index is 12.8.